The molecule has 2 rings (SSSR count). The summed E-state index contributed by atoms with van der Waals surface area (Å²) in [4.78, 5) is 1.49. The Bertz CT molecular complexity index is 327. The van der Waals surface area contributed by atoms with E-state index in [2.05, 4.69) is 15.4 Å². The molecule has 1 aromatic heterocycles. The number of hydrogen-bond donors (Lipinski definition) is 1. The van der Waals surface area contributed by atoms with E-state index in [1.54, 1.807) is 7.05 Å². The van der Waals surface area contributed by atoms with Crippen LogP contribution in [0.1, 0.15) is 50.8 Å². The third kappa shape index (κ3) is 4.07. The zero-order valence-corrected chi connectivity index (χ0v) is 10.7. The van der Waals surface area contributed by atoms with E-state index in [0.717, 1.165) is 24.6 Å². The third-order valence-electron chi connectivity index (χ3n) is 3.61. The molecule has 1 heterocycles. The summed E-state index contributed by atoms with van der Waals surface area (Å²) in [5, 5.41) is 12.0. The Kier molecular flexibility index (Phi) is 4.48. The topological polar surface area (TPSA) is 69.6 Å². The van der Waals surface area contributed by atoms with Crippen LogP contribution in [0.4, 0.5) is 0 Å². The van der Waals surface area contributed by atoms with Crippen molar-refractivity contribution < 1.29 is 0 Å². The second-order valence-corrected chi connectivity index (χ2v) is 5.25. The minimum Gasteiger partial charge on any atom is -0.327 e. The molecule has 0 saturated heterocycles. The molecular weight excluding hydrogens is 214 g/mol. The predicted molar refractivity (Wildman–Crippen MR) is 66.3 cm³/mol. The summed E-state index contributed by atoms with van der Waals surface area (Å²) < 4.78 is 0. The fourth-order valence-corrected chi connectivity index (χ4v) is 2.75. The largest absolute Gasteiger partial charge is 0.327 e. The summed E-state index contributed by atoms with van der Waals surface area (Å²) in [6.07, 6.45) is 10.1. The molecule has 2 N–H and O–H groups in total. The number of aryl methyl sites for hydroxylation is 1. The van der Waals surface area contributed by atoms with E-state index < -0.39 is 0 Å². The van der Waals surface area contributed by atoms with Gasteiger partial charge < -0.3 is 5.73 Å². The minimum absolute atomic E-state index is 0.183. The number of aromatic nitrogens is 4. The van der Waals surface area contributed by atoms with Gasteiger partial charge >= 0.3 is 0 Å². The van der Waals surface area contributed by atoms with Crippen LogP contribution in [-0.4, -0.2) is 26.2 Å². The maximum Gasteiger partial charge on any atom is 0.176 e. The minimum atomic E-state index is 0.183. The van der Waals surface area contributed by atoms with Crippen molar-refractivity contribution in [1.29, 1.82) is 0 Å². The average molecular weight is 237 g/mol. The third-order valence-corrected chi connectivity index (χ3v) is 3.61. The van der Waals surface area contributed by atoms with Gasteiger partial charge in [-0.05, 0) is 17.6 Å². The fraction of sp³-hybridized carbons (Fsp3) is 0.917. The highest BCUT2D eigenvalue weighted by Gasteiger charge is 2.17. The highest BCUT2D eigenvalue weighted by Crippen LogP contribution is 2.26. The van der Waals surface area contributed by atoms with E-state index in [-0.39, 0.29) is 6.04 Å². The molecule has 0 aromatic carbocycles. The Labute approximate surface area is 103 Å². The maximum atomic E-state index is 6.18. The van der Waals surface area contributed by atoms with Crippen LogP contribution in [0.25, 0.3) is 0 Å². The second kappa shape index (κ2) is 6.10. The van der Waals surface area contributed by atoms with Crippen molar-refractivity contribution in [3.8, 4) is 0 Å². The molecule has 0 spiro atoms. The summed E-state index contributed by atoms with van der Waals surface area (Å²) >= 11 is 0. The van der Waals surface area contributed by atoms with Crippen LogP contribution in [-0.2, 0) is 13.5 Å². The van der Waals surface area contributed by atoms with E-state index in [0.29, 0.717) is 0 Å². The normalized spacial score (nSPS) is 20.1. The Morgan fingerprint density at radius 3 is 2.59 bits per heavy atom. The van der Waals surface area contributed by atoms with Crippen molar-refractivity contribution >= 4 is 0 Å². The molecule has 1 aromatic rings. The summed E-state index contributed by atoms with van der Waals surface area (Å²) in [5.41, 5.74) is 6.18. The molecular formula is C12H23N5. The van der Waals surface area contributed by atoms with E-state index in [1.807, 2.05) is 0 Å². The fourth-order valence-electron chi connectivity index (χ4n) is 2.75. The van der Waals surface area contributed by atoms with Crippen LogP contribution in [0.3, 0.4) is 0 Å². The first kappa shape index (κ1) is 12.5. The van der Waals surface area contributed by atoms with Gasteiger partial charge in [0, 0.05) is 12.5 Å². The number of tetrazole rings is 1. The van der Waals surface area contributed by atoms with Gasteiger partial charge in [0.15, 0.2) is 5.82 Å². The van der Waals surface area contributed by atoms with Gasteiger partial charge in [0.25, 0.3) is 0 Å². The first-order chi connectivity index (χ1) is 8.24. The highest BCUT2D eigenvalue weighted by atomic mass is 15.6. The van der Waals surface area contributed by atoms with E-state index in [4.69, 9.17) is 5.73 Å². The molecule has 1 unspecified atom stereocenters. The van der Waals surface area contributed by atoms with Gasteiger partial charge in [-0.2, -0.15) is 4.80 Å². The summed E-state index contributed by atoms with van der Waals surface area (Å²) in [5.74, 6) is 1.58. The van der Waals surface area contributed by atoms with Crippen LogP contribution < -0.4 is 5.73 Å². The number of nitrogens with two attached hydrogens (primary N) is 1. The quantitative estimate of drug-likeness (QED) is 0.804. The lowest BCUT2D eigenvalue weighted by atomic mass is 9.92. The van der Waals surface area contributed by atoms with Gasteiger partial charge in [0.1, 0.15) is 0 Å². The number of rotatable bonds is 4. The molecule has 1 aliphatic carbocycles. The average Bonchev–Trinajstić information content (AvgIpc) is 2.53. The molecule has 1 atom stereocenters. The van der Waals surface area contributed by atoms with Gasteiger partial charge in [-0.15, -0.1) is 10.2 Å². The van der Waals surface area contributed by atoms with Crippen molar-refractivity contribution in [2.75, 3.05) is 0 Å². The van der Waals surface area contributed by atoms with Crippen molar-refractivity contribution in [1.82, 2.24) is 20.2 Å². The second-order valence-electron chi connectivity index (χ2n) is 5.25. The highest BCUT2D eigenvalue weighted by molar-refractivity contribution is 4.84. The molecule has 17 heavy (non-hydrogen) atoms. The zero-order chi connectivity index (χ0) is 12.1. The monoisotopic (exact) mass is 237 g/mol. The lowest BCUT2D eigenvalue weighted by Gasteiger charge is -2.18. The van der Waals surface area contributed by atoms with E-state index in [9.17, 15) is 0 Å². The Morgan fingerprint density at radius 1 is 1.29 bits per heavy atom. The molecule has 1 fully saturated rings. The van der Waals surface area contributed by atoms with Crippen LogP contribution in [0.5, 0.6) is 0 Å². The Balaban J connectivity index is 1.77. The van der Waals surface area contributed by atoms with Crippen molar-refractivity contribution in [2.24, 2.45) is 18.7 Å². The van der Waals surface area contributed by atoms with Crippen molar-refractivity contribution in [3.05, 3.63) is 5.82 Å². The standard InChI is InChI=1S/C12H23N5/c1-17-15-12(14-16-17)9-11(13)8-10-6-4-2-3-5-7-10/h10-11H,2-9,13H2,1H3. The van der Waals surface area contributed by atoms with Crippen LogP contribution in [0, 0.1) is 5.92 Å². The van der Waals surface area contributed by atoms with Crippen LogP contribution >= 0.6 is 0 Å². The van der Waals surface area contributed by atoms with Gasteiger partial charge in [-0.1, -0.05) is 38.5 Å². The van der Waals surface area contributed by atoms with Gasteiger partial charge in [0.2, 0.25) is 0 Å². The summed E-state index contributed by atoms with van der Waals surface area (Å²) in [6.45, 7) is 0. The van der Waals surface area contributed by atoms with E-state index in [1.165, 1.54) is 43.3 Å². The molecule has 1 saturated carbocycles. The first-order valence-electron chi connectivity index (χ1n) is 6.72. The van der Waals surface area contributed by atoms with Crippen molar-refractivity contribution in [2.45, 2.75) is 57.4 Å². The van der Waals surface area contributed by atoms with Gasteiger partial charge in [0.05, 0.1) is 7.05 Å². The molecule has 5 nitrogen and oxygen atoms in total. The van der Waals surface area contributed by atoms with Crippen molar-refractivity contribution in [3.63, 3.8) is 0 Å². The molecule has 5 heteroatoms. The predicted octanol–water partition coefficient (Wildman–Crippen LogP) is 1.44. The lowest BCUT2D eigenvalue weighted by molar-refractivity contribution is 0.384. The molecule has 0 radical (unpaired) electrons. The molecule has 1 aliphatic rings. The SMILES string of the molecule is Cn1nnc(CC(N)CC2CCCCCC2)n1. The summed E-state index contributed by atoms with van der Waals surface area (Å²) in [6, 6.07) is 0.183. The summed E-state index contributed by atoms with van der Waals surface area (Å²) in [7, 11) is 1.79. The first-order valence-corrected chi connectivity index (χ1v) is 6.72. The zero-order valence-electron chi connectivity index (χ0n) is 10.7. The van der Waals surface area contributed by atoms with Crippen LogP contribution in [0.2, 0.25) is 0 Å². The van der Waals surface area contributed by atoms with E-state index >= 15 is 0 Å². The lowest BCUT2D eigenvalue weighted by Crippen LogP contribution is -2.26. The molecule has 0 bridgehead atoms. The van der Waals surface area contributed by atoms with Gasteiger partial charge in [-0.25, -0.2) is 0 Å². The van der Waals surface area contributed by atoms with Crippen LogP contribution in [0.15, 0.2) is 0 Å². The molecule has 96 valence electrons. The Hall–Kier alpha value is -0.970. The Morgan fingerprint density at radius 2 is 2.00 bits per heavy atom. The number of hydrogen-bond acceptors (Lipinski definition) is 4. The molecule has 0 amide bonds. The number of nitrogens with zero attached hydrogens (tertiary/aromatic N) is 4. The molecule has 0 aliphatic heterocycles. The van der Waals surface area contributed by atoms with Gasteiger partial charge in [-0.3, -0.25) is 0 Å². The smallest absolute Gasteiger partial charge is 0.176 e. The maximum absolute atomic E-state index is 6.18.